The van der Waals surface area contributed by atoms with Crippen molar-refractivity contribution in [2.45, 2.75) is 39.3 Å². The molecule has 6 heteroatoms. The van der Waals surface area contributed by atoms with Crippen LogP contribution in [0.2, 0.25) is 0 Å². The maximum Gasteiger partial charge on any atom is 0.170 e. The van der Waals surface area contributed by atoms with Gasteiger partial charge >= 0.3 is 0 Å². The van der Waals surface area contributed by atoms with Crippen molar-refractivity contribution in [2.24, 2.45) is 0 Å². The number of thiocarbonyl (C=S) groups is 1. The molecule has 0 saturated carbocycles. The van der Waals surface area contributed by atoms with E-state index in [1.165, 1.54) is 11.6 Å². The lowest BCUT2D eigenvalue weighted by atomic mass is 9.96. The highest BCUT2D eigenvalue weighted by molar-refractivity contribution is 7.80. The lowest BCUT2D eigenvalue weighted by Gasteiger charge is -2.27. The second-order valence-electron chi connectivity index (χ2n) is 7.46. The minimum atomic E-state index is -0.237. The Hall–Kier alpha value is -2.73. The van der Waals surface area contributed by atoms with Crippen LogP contribution in [0, 0.1) is 19.7 Å². The van der Waals surface area contributed by atoms with Gasteiger partial charge in [-0.3, -0.25) is 4.98 Å². The topological polar surface area (TPSA) is 33.1 Å². The SMILES string of the molecule is CCCN1C(=S)N[C@H](c2ccccn2)[C@@H]1c1cc(C)n(-c2cccc(F)c2)c1C. The van der Waals surface area contributed by atoms with Crippen molar-refractivity contribution in [3.63, 3.8) is 0 Å². The molecule has 0 aliphatic carbocycles. The van der Waals surface area contributed by atoms with Crippen molar-refractivity contribution in [3.8, 4) is 5.69 Å². The average Bonchev–Trinajstić information content (AvgIpc) is 3.18. The van der Waals surface area contributed by atoms with Crippen LogP contribution in [-0.4, -0.2) is 26.1 Å². The number of nitrogens with zero attached hydrogens (tertiary/aromatic N) is 3. The Kier molecular flexibility index (Phi) is 5.37. The number of aryl methyl sites for hydroxylation is 1. The van der Waals surface area contributed by atoms with E-state index in [0.717, 1.165) is 40.8 Å². The molecule has 3 aromatic rings. The van der Waals surface area contributed by atoms with Gasteiger partial charge in [0.05, 0.1) is 17.8 Å². The number of hydrogen-bond acceptors (Lipinski definition) is 2. The summed E-state index contributed by atoms with van der Waals surface area (Å²) in [5, 5.41) is 4.24. The first kappa shape index (κ1) is 19.6. The van der Waals surface area contributed by atoms with E-state index < -0.39 is 0 Å². The number of nitrogens with one attached hydrogen (secondary N) is 1. The minimum absolute atomic E-state index is 0.0308. The van der Waals surface area contributed by atoms with Gasteiger partial charge in [0.25, 0.3) is 0 Å². The molecule has 0 radical (unpaired) electrons. The highest BCUT2D eigenvalue weighted by Crippen LogP contribution is 2.41. The van der Waals surface area contributed by atoms with Gasteiger partial charge in [-0.2, -0.15) is 0 Å². The lowest BCUT2D eigenvalue weighted by molar-refractivity contribution is 0.316. The monoisotopic (exact) mass is 408 g/mol. The summed E-state index contributed by atoms with van der Waals surface area (Å²) in [6.07, 6.45) is 2.81. The first-order valence-electron chi connectivity index (χ1n) is 9.94. The van der Waals surface area contributed by atoms with E-state index in [-0.39, 0.29) is 17.9 Å². The molecule has 29 heavy (non-hydrogen) atoms. The predicted molar refractivity (Wildman–Crippen MR) is 118 cm³/mol. The fourth-order valence-corrected chi connectivity index (χ4v) is 4.66. The quantitative estimate of drug-likeness (QED) is 0.602. The van der Waals surface area contributed by atoms with Gasteiger partial charge in [-0.05, 0) is 74.4 Å². The molecular formula is C23H25FN4S. The summed E-state index contributed by atoms with van der Waals surface area (Å²) in [5.41, 5.74) is 5.14. The molecular weight excluding hydrogens is 383 g/mol. The van der Waals surface area contributed by atoms with Crippen LogP contribution in [0.5, 0.6) is 0 Å². The summed E-state index contributed by atoms with van der Waals surface area (Å²) in [6, 6.07) is 14.9. The summed E-state index contributed by atoms with van der Waals surface area (Å²) >= 11 is 5.68. The highest BCUT2D eigenvalue weighted by atomic mass is 32.1. The fraction of sp³-hybridized carbons (Fsp3) is 0.304. The Bertz CT molecular complexity index is 1030. The van der Waals surface area contributed by atoms with E-state index in [0.29, 0.717) is 0 Å². The number of rotatable bonds is 5. The van der Waals surface area contributed by atoms with Crippen LogP contribution < -0.4 is 5.32 Å². The van der Waals surface area contributed by atoms with E-state index in [9.17, 15) is 4.39 Å². The zero-order chi connectivity index (χ0) is 20.5. The third-order valence-electron chi connectivity index (χ3n) is 5.52. The van der Waals surface area contributed by atoms with Crippen molar-refractivity contribution < 1.29 is 4.39 Å². The molecule has 0 bridgehead atoms. The molecule has 1 saturated heterocycles. The molecule has 1 N–H and O–H groups in total. The van der Waals surface area contributed by atoms with Crippen molar-refractivity contribution in [1.29, 1.82) is 0 Å². The fourth-order valence-electron chi connectivity index (χ4n) is 4.33. The third-order valence-corrected chi connectivity index (χ3v) is 5.87. The van der Waals surface area contributed by atoms with Gasteiger partial charge < -0.3 is 14.8 Å². The van der Waals surface area contributed by atoms with Crippen LogP contribution in [0.3, 0.4) is 0 Å². The number of pyridine rings is 1. The zero-order valence-corrected chi connectivity index (χ0v) is 17.7. The summed E-state index contributed by atoms with van der Waals surface area (Å²) in [4.78, 5) is 6.85. The Balaban J connectivity index is 1.84. The molecule has 1 aliphatic heterocycles. The van der Waals surface area contributed by atoms with Crippen molar-refractivity contribution in [2.75, 3.05) is 6.54 Å². The molecule has 0 amide bonds. The molecule has 2 aromatic heterocycles. The van der Waals surface area contributed by atoms with E-state index in [1.807, 2.05) is 30.5 Å². The number of hydrogen-bond donors (Lipinski definition) is 1. The standard InChI is InChI=1S/C23H25FN4S/c1-4-12-27-22(21(26-23(27)29)20-10-5-6-11-25-20)19-13-15(2)28(16(19)3)18-9-7-8-17(24)14-18/h5-11,13-14,21-22H,4,12H2,1-3H3,(H,26,29)/t21-,22+/m1/s1. The molecule has 0 unspecified atom stereocenters. The van der Waals surface area contributed by atoms with Gasteiger partial charge in [0.15, 0.2) is 5.11 Å². The van der Waals surface area contributed by atoms with Crippen LogP contribution >= 0.6 is 12.2 Å². The van der Waals surface area contributed by atoms with Gasteiger partial charge in [0.1, 0.15) is 5.82 Å². The number of benzene rings is 1. The van der Waals surface area contributed by atoms with Crippen LogP contribution in [0.25, 0.3) is 5.69 Å². The molecule has 1 fully saturated rings. The van der Waals surface area contributed by atoms with Crippen LogP contribution in [0.15, 0.2) is 54.7 Å². The van der Waals surface area contributed by atoms with Crippen molar-refractivity contribution >= 4 is 17.3 Å². The predicted octanol–water partition coefficient (Wildman–Crippen LogP) is 5.01. The lowest BCUT2D eigenvalue weighted by Crippen LogP contribution is -2.30. The second-order valence-corrected chi connectivity index (χ2v) is 7.85. The first-order valence-corrected chi connectivity index (χ1v) is 10.3. The summed E-state index contributed by atoms with van der Waals surface area (Å²) in [6.45, 7) is 7.17. The Morgan fingerprint density at radius 2 is 1.97 bits per heavy atom. The van der Waals surface area contributed by atoms with E-state index >= 15 is 0 Å². The third kappa shape index (κ3) is 3.53. The smallest absolute Gasteiger partial charge is 0.170 e. The number of aromatic nitrogens is 2. The average molecular weight is 409 g/mol. The second kappa shape index (κ2) is 7.95. The maximum atomic E-state index is 13.9. The van der Waals surface area contributed by atoms with Gasteiger partial charge in [-0.1, -0.05) is 19.1 Å². The molecule has 1 aromatic carbocycles. The highest BCUT2D eigenvalue weighted by Gasteiger charge is 2.40. The Morgan fingerprint density at radius 3 is 2.66 bits per heavy atom. The van der Waals surface area contributed by atoms with E-state index in [4.69, 9.17) is 12.2 Å². The molecule has 2 atom stereocenters. The normalized spacial score (nSPS) is 18.9. The molecule has 0 spiro atoms. The summed E-state index contributed by atoms with van der Waals surface area (Å²) < 4.78 is 16.0. The van der Waals surface area contributed by atoms with Crippen LogP contribution in [0.1, 0.15) is 48.1 Å². The maximum absolute atomic E-state index is 13.9. The summed E-state index contributed by atoms with van der Waals surface area (Å²) in [5.74, 6) is -0.237. The molecule has 1 aliphatic rings. The van der Waals surface area contributed by atoms with Gasteiger partial charge in [0, 0.05) is 29.8 Å². The largest absolute Gasteiger partial charge is 0.352 e. The number of halogens is 1. The summed E-state index contributed by atoms with van der Waals surface area (Å²) in [7, 11) is 0. The van der Waals surface area contributed by atoms with Crippen LogP contribution in [-0.2, 0) is 0 Å². The van der Waals surface area contributed by atoms with Crippen molar-refractivity contribution in [3.05, 3.63) is 83.2 Å². The van der Waals surface area contributed by atoms with E-state index in [1.54, 1.807) is 12.1 Å². The Morgan fingerprint density at radius 1 is 1.14 bits per heavy atom. The van der Waals surface area contributed by atoms with Gasteiger partial charge in [-0.15, -0.1) is 0 Å². The molecule has 4 nitrogen and oxygen atoms in total. The van der Waals surface area contributed by atoms with E-state index in [2.05, 4.69) is 46.6 Å². The van der Waals surface area contributed by atoms with Crippen molar-refractivity contribution in [1.82, 2.24) is 19.8 Å². The molecule has 150 valence electrons. The van der Waals surface area contributed by atoms with Crippen LogP contribution in [0.4, 0.5) is 4.39 Å². The zero-order valence-electron chi connectivity index (χ0n) is 16.9. The Labute approximate surface area is 176 Å². The van der Waals surface area contributed by atoms with Gasteiger partial charge in [0.2, 0.25) is 0 Å². The minimum Gasteiger partial charge on any atom is -0.352 e. The first-order chi connectivity index (χ1) is 14.0. The van der Waals surface area contributed by atoms with Gasteiger partial charge in [-0.25, -0.2) is 4.39 Å². The molecule has 3 heterocycles. The molecule has 4 rings (SSSR count).